The Labute approximate surface area is 186 Å². The number of amides is 4. The van der Waals surface area contributed by atoms with Crippen LogP contribution in [0.15, 0.2) is 30.3 Å². The third-order valence-electron chi connectivity index (χ3n) is 4.94. The van der Waals surface area contributed by atoms with E-state index in [1.165, 1.54) is 0 Å². The lowest BCUT2D eigenvalue weighted by molar-refractivity contribution is -0.143. The van der Waals surface area contributed by atoms with Crippen molar-refractivity contribution >= 4 is 29.6 Å². The highest BCUT2D eigenvalue weighted by Gasteiger charge is 2.28. The molecule has 0 heterocycles. The van der Waals surface area contributed by atoms with Crippen LogP contribution in [-0.2, 0) is 30.4 Å². The van der Waals surface area contributed by atoms with E-state index in [-0.39, 0.29) is 12.3 Å². The van der Waals surface area contributed by atoms with Gasteiger partial charge in [-0.05, 0) is 11.5 Å². The molecule has 0 spiro atoms. The number of benzene rings is 1. The van der Waals surface area contributed by atoms with Crippen LogP contribution in [0.5, 0.6) is 0 Å². The third-order valence-corrected chi connectivity index (χ3v) is 4.94. The van der Waals surface area contributed by atoms with Crippen molar-refractivity contribution in [2.75, 3.05) is 6.54 Å². The van der Waals surface area contributed by atoms with Crippen molar-refractivity contribution < 1.29 is 29.1 Å². The molecule has 0 saturated carbocycles. The number of nitrogens with one attached hydrogen (secondary N) is 3. The van der Waals surface area contributed by atoms with Crippen molar-refractivity contribution in [3.8, 4) is 0 Å². The monoisotopic (exact) mass is 449 g/mol. The Morgan fingerprint density at radius 3 is 2.16 bits per heavy atom. The van der Waals surface area contributed by atoms with Gasteiger partial charge < -0.3 is 32.5 Å². The summed E-state index contributed by atoms with van der Waals surface area (Å²) in [7, 11) is 0. The topological polar surface area (TPSA) is 194 Å². The minimum atomic E-state index is -1.54. The minimum absolute atomic E-state index is 0.0572. The van der Waals surface area contributed by atoms with Gasteiger partial charge in [0.1, 0.15) is 12.1 Å². The highest BCUT2D eigenvalue weighted by Crippen LogP contribution is 2.06. The Morgan fingerprint density at radius 1 is 1.00 bits per heavy atom. The molecule has 4 amide bonds. The zero-order chi connectivity index (χ0) is 24.3. The van der Waals surface area contributed by atoms with E-state index in [0.717, 1.165) is 0 Å². The van der Waals surface area contributed by atoms with Crippen molar-refractivity contribution in [2.45, 2.75) is 51.2 Å². The van der Waals surface area contributed by atoms with Crippen molar-refractivity contribution in [1.29, 1.82) is 0 Å². The maximum absolute atomic E-state index is 12.7. The van der Waals surface area contributed by atoms with Crippen molar-refractivity contribution in [1.82, 2.24) is 16.0 Å². The van der Waals surface area contributed by atoms with Crippen LogP contribution < -0.4 is 27.4 Å². The van der Waals surface area contributed by atoms with E-state index in [1.807, 2.05) is 13.8 Å². The van der Waals surface area contributed by atoms with Crippen LogP contribution in [0, 0.1) is 5.92 Å². The fourth-order valence-electron chi connectivity index (χ4n) is 2.78. The van der Waals surface area contributed by atoms with E-state index in [2.05, 4.69) is 16.0 Å². The van der Waals surface area contributed by atoms with Gasteiger partial charge >= 0.3 is 5.97 Å². The zero-order valence-electron chi connectivity index (χ0n) is 18.2. The zero-order valence-corrected chi connectivity index (χ0v) is 18.2. The summed E-state index contributed by atoms with van der Waals surface area (Å²) in [6.07, 6.45) is 0.147. The predicted molar refractivity (Wildman–Crippen MR) is 116 cm³/mol. The van der Waals surface area contributed by atoms with Gasteiger partial charge in [0.15, 0.2) is 0 Å². The average Bonchev–Trinajstić information content (AvgIpc) is 2.75. The van der Waals surface area contributed by atoms with Crippen molar-refractivity contribution in [3.05, 3.63) is 35.9 Å². The Morgan fingerprint density at radius 2 is 1.62 bits per heavy atom. The number of primary amides is 1. The lowest BCUT2D eigenvalue weighted by Crippen LogP contribution is -2.55. The van der Waals surface area contributed by atoms with Crippen LogP contribution in [0.3, 0.4) is 0 Å². The number of nitrogens with two attached hydrogens (primary N) is 2. The second-order valence-corrected chi connectivity index (χ2v) is 7.51. The quantitative estimate of drug-likeness (QED) is 0.214. The molecule has 176 valence electrons. The minimum Gasteiger partial charge on any atom is -0.480 e. The van der Waals surface area contributed by atoms with E-state index in [9.17, 15) is 29.1 Å². The molecule has 1 aromatic rings. The first-order valence-electron chi connectivity index (χ1n) is 10.2. The molecular formula is C21H31N5O6. The SMILES string of the molecule is CCC(C)C(N)C(=O)NCC(=O)NC(Cc1ccccc1)C(=O)NC(CC(N)=O)C(=O)O. The normalized spacial score (nSPS) is 14.3. The van der Waals surface area contributed by atoms with Crippen LogP contribution in [0.1, 0.15) is 32.3 Å². The first-order valence-corrected chi connectivity index (χ1v) is 10.2. The summed E-state index contributed by atoms with van der Waals surface area (Å²) in [6.45, 7) is 3.29. The Bertz CT molecular complexity index is 816. The van der Waals surface area contributed by atoms with Crippen LogP contribution >= 0.6 is 0 Å². The molecule has 0 aliphatic rings. The fourth-order valence-corrected chi connectivity index (χ4v) is 2.78. The molecule has 0 bridgehead atoms. The fraction of sp³-hybridized carbons (Fsp3) is 0.476. The molecule has 1 aromatic carbocycles. The summed E-state index contributed by atoms with van der Waals surface area (Å²) in [5.41, 5.74) is 11.6. The average molecular weight is 450 g/mol. The van der Waals surface area contributed by atoms with Gasteiger partial charge in [0.2, 0.25) is 23.6 Å². The number of carboxylic acids is 1. The lowest BCUT2D eigenvalue weighted by atomic mass is 9.99. The van der Waals surface area contributed by atoms with Gasteiger partial charge in [0.25, 0.3) is 0 Å². The summed E-state index contributed by atoms with van der Waals surface area (Å²) in [6, 6.07) is 5.27. The molecule has 4 atom stereocenters. The van der Waals surface area contributed by atoms with Gasteiger partial charge in [-0.3, -0.25) is 19.2 Å². The molecule has 4 unspecified atom stereocenters. The third kappa shape index (κ3) is 9.13. The predicted octanol–water partition coefficient (Wildman–Crippen LogP) is -1.35. The van der Waals surface area contributed by atoms with Crippen LogP contribution in [0.4, 0.5) is 0 Å². The van der Waals surface area contributed by atoms with Gasteiger partial charge in [0.05, 0.1) is 19.0 Å². The van der Waals surface area contributed by atoms with E-state index >= 15 is 0 Å². The molecule has 8 N–H and O–H groups in total. The molecule has 11 nitrogen and oxygen atoms in total. The van der Waals surface area contributed by atoms with E-state index in [4.69, 9.17) is 11.5 Å². The summed E-state index contributed by atoms with van der Waals surface area (Å²) in [5.74, 6) is -4.38. The second-order valence-electron chi connectivity index (χ2n) is 7.51. The molecule has 0 aliphatic heterocycles. The Kier molecular flexibility index (Phi) is 10.8. The van der Waals surface area contributed by atoms with Gasteiger partial charge in [-0.15, -0.1) is 0 Å². The second kappa shape index (κ2) is 13.1. The maximum atomic E-state index is 12.7. The largest absolute Gasteiger partial charge is 0.480 e. The molecule has 0 radical (unpaired) electrons. The smallest absolute Gasteiger partial charge is 0.326 e. The molecule has 1 rings (SSSR count). The summed E-state index contributed by atoms with van der Waals surface area (Å²) in [4.78, 5) is 59.6. The van der Waals surface area contributed by atoms with E-state index in [1.54, 1.807) is 30.3 Å². The standard InChI is InChI=1S/C21H31N5O6/c1-3-12(2)18(23)20(30)24-11-17(28)25-14(9-13-7-5-4-6-8-13)19(29)26-15(21(31)32)10-16(22)27/h4-8,12,14-15,18H,3,9-11,23H2,1-2H3,(H2,22,27)(H,24,30)(H,25,28)(H,26,29)(H,31,32). The summed E-state index contributed by atoms with van der Waals surface area (Å²) < 4.78 is 0. The number of aliphatic carboxylic acids is 1. The number of carboxylic acid groups (broad SMARTS) is 1. The summed E-state index contributed by atoms with van der Waals surface area (Å²) >= 11 is 0. The Hall–Kier alpha value is -3.47. The molecular weight excluding hydrogens is 418 g/mol. The first kappa shape index (κ1) is 26.6. The van der Waals surface area contributed by atoms with E-state index in [0.29, 0.717) is 12.0 Å². The number of carbonyl (C=O) groups is 5. The highest BCUT2D eigenvalue weighted by molar-refractivity contribution is 5.93. The number of hydrogen-bond acceptors (Lipinski definition) is 6. The highest BCUT2D eigenvalue weighted by atomic mass is 16.4. The number of carbonyl (C=O) groups excluding carboxylic acids is 4. The number of hydrogen-bond donors (Lipinski definition) is 6. The van der Waals surface area contributed by atoms with Gasteiger partial charge in [-0.2, -0.15) is 0 Å². The molecule has 11 heteroatoms. The number of rotatable bonds is 13. The maximum Gasteiger partial charge on any atom is 0.326 e. The lowest BCUT2D eigenvalue weighted by Gasteiger charge is -2.22. The molecule has 0 aliphatic carbocycles. The van der Waals surface area contributed by atoms with Crippen LogP contribution in [0.2, 0.25) is 0 Å². The summed E-state index contributed by atoms with van der Waals surface area (Å²) in [5, 5.41) is 16.3. The molecule has 0 saturated heterocycles. The Balaban J connectivity index is 2.86. The van der Waals surface area contributed by atoms with Gasteiger partial charge in [-0.25, -0.2) is 4.79 Å². The van der Waals surface area contributed by atoms with Crippen LogP contribution in [-0.4, -0.2) is 59.4 Å². The molecule has 0 fully saturated rings. The van der Waals surface area contributed by atoms with Crippen molar-refractivity contribution in [2.24, 2.45) is 17.4 Å². The van der Waals surface area contributed by atoms with E-state index < -0.39 is 60.7 Å². The van der Waals surface area contributed by atoms with Crippen LogP contribution in [0.25, 0.3) is 0 Å². The van der Waals surface area contributed by atoms with Gasteiger partial charge in [-0.1, -0.05) is 50.6 Å². The molecule has 0 aromatic heterocycles. The van der Waals surface area contributed by atoms with Crippen molar-refractivity contribution in [3.63, 3.8) is 0 Å². The first-order chi connectivity index (χ1) is 15.0. The molecule has 32 heavy (non-hydrogen) atoms. The van der Waals surface area contributed by atoms with Gasteiger partial charge in [0, 0.05) is 6.42 Å².